The number of aryl methyl sites for hydroxylation is 1. The van der Waals surface area contributed by atoms with Crippen molar-refractivity contribution < 1.29 is 4.79 Å². The maximum atomic E-state index is 11.7. The summed E-state index contributed by atoms with van der Waals surface area (Å²) in [5.41, 5.74) is 1.82. The molecule has 0 aliphatic rings. The summed E-state index contributed by atoms with van der Waals surface area (Å²) in [4.78, 5) is 11.7. The third-order valence-corrected chi connectivity index (χ3v) is 2.34. The Bertz CT molecular complexity index is 342. The third kappa shape index (κ3) is 4.64. The van der Waals surface area contributed by atoms with Crippen LogP contribution in [0.2, 0.25) is 0 Å². The van der Waals surface area contributed by atoms with Crippen LogP contribution >= 0.6 is 12.4 Å². The Morgan fingerprint density at radius 2 is 2.12 bits per heavy atom. The molecule has 2 N–H and O–H groups in total. The molecular formula is C12H19ClN2O. The number of rotatable bonds is 4. The van der Waals surface area contributed by atoms with Gasteiger partial charge in [-0.15, -0.1) is 12.4 Å². The van der Waals surface area contributed by atoms with Crippen molar-refractivity contribution in [3.05, 3.63) is 35.4 Å². The monoisotopic (exact) mass is 242 g/mol. The maximum absolute atomic E-state index is 11.7. The van der Waals surface area contributed by atoms with Crippen molar-refractivity contribution in [3.63, 3.8) is 0 Å². The summed E-state index contributed by atoms with van der Waals surface area (Å²) in [5.74, 6) is -0.0131. The van der Waals surface area contributed by atoms with Crippen LogP contribution in [0.15, 0.2) is 24.3 Å². The van der Waals surface area contributed by atoms with Crippen molar-refractivity contribution in [2.45, 2.75) is 19.9 Å². The van der Waals surface area contributed by atoms with E-state index in [0.717, 1.165) is 11.1 Å². The molecule has 0 saturated carbocycles. The Labute approximate surface area is 103 Å². The highest BCUT2D eigenvalue weighted by atomic mass is 35.5. The number of amides is 1. The van der Waals surface area contributed by atoms with Crippen molar-refractivity contribution in [2.24, 2.45) is 0 Å². The van der Waals surface area contributed by atoms with Crippen LogP contribution in [0.4, 0.5) is 0 Å². The third-order valence-electron chi connectivity index (χ3n) is 2.34. The summed E-state index contributed by atoms with van der Waals surface area (Å²) in [6.45, 7) is 4.65. The predicted octanol–water partition coefficient (Wildman–Crippen LogP) is 1.75. The van der Waals surface area contributed by atoms with Gasteiger partial charge in [0, 0.05) is 18.2 Å². The van der Waals surface area contributed by atoms with Gasteiger partial charge in [-0.3, -0.25) is 4.79 Å². The molecular weight excluding hydrogens is 224 g/mol. The zero-order valence-corrected chi connectivity index (χ0v) is 10.7. The topological polar surface area (TPSA) is 41.1 Å². The zero-order valence-electron chi connectivity index (χ0n) is 9.91. The lowest BCUT2D eigenvalue weighted by Gasteiger charge is -2.11. The lowest BCUT2D eigenvalue weighted by atomic mass is 10.1. The molecule has 1 amide bonds. The predicted molar refractivity (Wildman–Crippen MR) is 69.3 cm³/mol. The van der Waals surface area contributed by atoms with Gasteiger partial charge in [0.05, 0.1) is 0 Å². The minimum atomic E-state index is -0.0131. The van der Waals surface area contributed by atoms with E-state index in [4.69, 9.17) is 0 Å². The Morgan fingerprint density at radius 3 is 2.69 bits per heavy atom. The fourth-order valence-electron chi connectivity index (χ4n) is 1.24. The summed E-state index contributed by atoms with van der Waals surface area (Å²) in [7, 11) is 1.88. The molecule has 0 heterocycles. The van der Waals surface area contributed by atoms with E-state index < -0.39 is 0 Å². The first-order valence-electron chi connectivity index (χ1n) is 5.15. The van der Waals surface area contributed by atoms with Crippen LogP contribution in [0.5, 0.6) is 0 Å². The van der Waals surface area contributed by atoms with Crippen molar-refractivity contribution in [1.29, 1.82) is 0 Å². The van der Waals surface area contributed by atoms with Crippen molar-refractivity contribution in [1.82, 2.24) is 10.6 Å². The van der Waals surface area contributed by atoms with E-state index in [0.29, 0.717) is 12.6 Å². The van der Waals surface area contributed by atoms with E-state index in [1.807, 2.05) is 45.2 Å². The van der Waals surface area contributed by atoms with Crippen LogP contribution in [-0.4, -0.2) is 25.5 Å². The van der Waals surface area contributed by atoms with Gasteiger partial charge in [0.25, 0.3) is 5.91 Å². The molecule has 0 spiro atoms. The molecule has 1 aromatic rings. The number of hydrogen-bond acceptors (Lipinski definition) is 2. The van der Waals surface area contributed by atoms with Gasteiger partial charge in [-0.2, -0.15) is 0 Å². The first kappa shape index (κ1) is 14.9. The van der Waals surface area contributed by atoms with Crippen LogP contribution < -0.4 is 10.6 Å². The first-order valence-corrected chi connectivity index (χ1v) is 5.15. The standard InChI is InChI=1S/C12H18N2O.ClH/c1-9-5-4-6-11(7-9)12(15)14-8-10(2)13-3;/h4-7,10,13H,8H2,1-3H3,(H,14,15);1H. The average molecular weight is 243 g/mol. The van der Waals surface area contributed by atoms with Crippen LogP contribution in [0, 0.1) is 6.92 Å². The second-order valence-corrected chi connectivity index (χ2v) is 3.77. The number of nitrogens with one attached hydrogen (secondary N) is 2. The Morgan fingerprint density at radius 1 is 1.44 bits per heavy atom. The average Bonchev–Trinajstić information content (AvgIpc) is 2.25. The summed E-state index contributed by atoms with van der Waals surface area (Å²) < 4.78 is 0. The lowest BCUT2D eigenvalue weighted by molar-refractivity contribution is 0.0950. The normalized spacial score (nSPS) is 11.4. The number of halogens is 1. The molecule has 4 heteroatoms. The second-order valence-electron chi connectivity index (χ2n) is 3.77. The van der Waals surface area contributed by atoms with Gasteiger partial charge in [0.2, 0.25) is 0 Å². The molecule has 1 rings (SSSR count). The van der Waals surface area contributed by atoms with E-state index in [1.165, 1.54) is 0 Å². The number of likely N-dealkylation sites (N-methyl/N-ethyl adjacent to an activating group) is 1. The minimum absolute atomic E-state index is 0. The van der Waals surface area contributed by atoms with Crippen molar-refractivity contribution in [2.75, 3.05) is 13.6 Å². The molecule has 16 heavy (non-hydrogen) atoms. The smallest absolute Gasteiger partial charge is 0.251 e. The van der Waals surface area contributed by atoms with E-state index in [2.05, 4.69) is 10.6 Å². The number of hydrogen-bond donors (Lipinski definition) is 2. The Balaban J connectivity index is 0.00000225. The molecule has 1 atom stereocenters. The van der Waals surface area contributed by atoms with Gasteiger partial charge in [-0.1, -0.05) is 17.7 Å². The molecule has 3 nitrogen and oxygen atoms in total. The van der Waals surface area contributed by atoms with Gasteiger partial charge in [0.1, 0.15) is 0 Å². The molecule has 1 aromatic carbocycles. The molecule has 0 saturated heterocycles. The van der Waals surface area contributed by atoms with Crippen molar-refractivity contribution in [3.8, 4) is 0 Å². The Hall–Kier alpha value is -1.06. The van der Waals surface area contributed by atoms with Crippen LogP contribution in [0.1, 0.15) is 22.8 Å². The van der Waals surface area contributed by atoms with E-state index in [1.54, 1.807) is 0 Å². The van der Waals surface area contributed by atoms with E-state index in [9.17, 15) is 4.79 Å². The van der Waals surface area contributed by atoms with Gasteiger partial charge >= 0.3 is 0 Å². The minimum Gasteiger partial charge on any atom is -0.350 e. The Kier molecular flexibility index (Phi) is 6.77. The van der Waals surface area contributed by atoms with Gasteiger partial charge in [0.15, 0.2) is 0 Å². The summed E-state index contributed by atoms with van der Waals surface area (Å²) in [6, 6.07) is 7.88. The fourth-order valence-corrected chi connectivity index (χ4v) is 1.24. The van der Waals surface area contributed by atoms with Crippen LogP contribution in [0.25, 0.3) is 0 Å². The van der Waals surface area contributed by atoms with E-state index >= 15 is 0 Å². The van der Waals surface area contributed by atoms with Crippen molar-refractivity contribution >= 4 is 18.3 Å². The summed E-state index contributed by atoms with van der Waals surface area (Å²) in [5, 5.41) is 5.94. The quantitative estimate of drug-likeness (QED) is 0.845. The molecule has 0 aromatic heterocycles. The number of carbonyl (C=O) groups excluding carboxylic acids is 1. The molecule has 0 aliphatic carbocycles. The fraction of sp³-hybridized carbons (Fsp3) is 0.417. The molecule has 90 valence electrons. The summed E-state index contributed by atoms with van der Waals surface area (Å²) >= 11 is 0. The SMILES string of the molecule is CNC(C)CNC(=O)c1cccc(C)c1.Cl. The van der Waals surface area contributed by atoms with Gasteiger partial charge in [-0.05, 0) is 33.0 Å². The highest BCUT2D eigenvalue weighted by molar-refractivity contribution is 5.94. The molecule has 0 aliphatic heterocycles. The van der Waals surface area contributed by atoms with Crippen LogP contribution in [-0.2, 0) is 0 Å². The molecule has 0 radical (unpaired) electrons. The summed E-state index contributed by atoms with van der Waals surface area (Å²) in [6.07, 6.45) is 0. The van der Waals surface area contributed by atoms with Gasteiger partial charge in [-0.25, -0.2) is 0 Å². The zero-order chi connectivity index (χ0) is 11.3. The maximum Gasteiger partial charge on any atom is 0.251 e. The molecule has 0 bridgehead atoms. The van der Waals surface area contributed by atoms with Crippen LogP contribution in [0.3, 0.4) is 0 Å². The number of benzene rings is 1. The van der Waals surface area contributed by atoms with E-state index in [-0.39, 0.29) is 18.3 Å². The lowest BCUT2D eigenvalue weighted by Crippen LogP contribution is -2.37. The number of carbonyl (C=O) groups is 1. The largest absolute Gasteiger partial charge is 0.350 e. The van der Waals surface area contributed by atoms with Gasteiger partial charge < -0.3 is 10.6 Å². The highest BCUT2D eigenvalue weighted by Gasteiger charge is 2.06. The second kappa shape index (κ2) is 7.25. The molecule has 1 unspecified atom stereocenters. The first-order chi connectivity index (χ1) is 7.13. The molecule has 0 fully saturated rings. The highest BCUT2D eigenvalue weighted by Crippen LogP contribution is 2.03.